The summed E-state index contributed by atoms with van der Waals surface area (Å²) in [6.07, 6.45) is 5.33. The van der Waals surface area contributed by atoms with Crippen LogP contribution in [-0.2, 0) is 0 Å². The Labute approximate surface area is 103 Å². The highest BCUT2D eigenvalue weighted by atomic mass is 15.2. The van der Waals surface area contributed by atoms with Gasteiger partial charge in [0.2, 0.25) is 0 Å². The van der Waals surface area contributed by atoms with E-state index in [9.17, 15) is 0 Å². The van der Waals surface area contributed by atoms with Crippen LogP contribution in [0.15, 0.2) is 0 Å². The molecular formula is C13H27BN2. The molecule has 2 radical (unpaired) electrons. The van der Waals surface area contributed by atoms with Crippen LogP contribution in [-0.4, -0.2) is 50.4 Å². The molecule has 1 unspecified atom stereocenters. The predicted molar refractivity (Wildman–Crippen MR) is 71.7 cm³/mol. The lowest BCUT2D eigenvalue weighted by molar-refractivity contribution is 0.113. The second-order valence-corrected chi connectivity index (χ2v) is 5.58. The minimum Gasteiger partial charge on any atom is -0.351 e. The molecule has 1 aliphatic rings. The van der Waals surface area contributed by atoms with Crippen LogP contribution in [0.4, 0.5) is 0 Å². The molecule has 0 aromatic rings. The van der Waals surface area contributed by atoms with Crippen LogP contribution >= 0.6 is 0 Å². The summed E-state index contributed by atoms with van der Waals surface area (Å²) in [5.41, 5.74) is 0.507. The van der Waals surface area contributed by atoms with Crippen molar-refractivity contribution in [3.63, 3.8) is 0 Å². The minimum absolute atomic E-state index is 0.507. The lowest BCUT2D eigenvalue weighted by Gasteiger charge is -2.39. The first-order chi connectivity index (χ1) is 7.59. The molecule has 1 rings (SSSR count). The summed E-state index contributed by atoms with van der Waals surface area (Å²) in [6, 6.07) is 0. The van der Waals surface area contributed by atoms with Crippen molar-refractivity contribution in [3.05, 3.63) is 0 Å². The fraction of sp³-hybridized carbons (Fsp3) is 1.00. The number of hydrogen-bond acceptors (Lipinski definition) is 2. The zero-order chi connectivity index (χ0) is 12.0. The molecule has 0 amide bonds. The molecule has 0 N–H and O–H groups in total. The molecule has 1 saturated heterocycles. The van der Waals surface area contributed by atoms with Crippen molar-refractivity contribution >= 4 is 7.98 Å². The van der Waals surface area contributed by atoms with Gasteiger partial charge in [-0.3, -0.25) is 0 Å². The first kappa shape index (κ1) is 14.0. The Morgan fingerprint density at radius 1 is 1.12 bits per heavy atom. The maximum atomic E-state index is 5.78. The van der Waals surface area contributed by atoms with Crippen LogP contribution in [0, 0.1) is 5.41 Å². The first-order valence-corrected chi connectivity index (χ1v) is 6.81. The SMILES string of the molecule is [B]N1CCN(CC(C)(CC)CCCC)CC1. The summed E-state index contributed by atoms with van der Waals surface area (Å²) in [5, 5.41) is 0. The first-order valence-electron chi connectivity index (χ1n) is 6.81. The standard InChI is InChI=1S/C13H27BN2/c1-4-6-7-13(3,5-2)12-15-8-10-16(14)11-9-15/h4-12H2,1-3H3. The van der Waals surface area contributed by atoms with Gasteiger partial charge in [0, 0.05) is 19.6 Å². The van der Waals surface area contributed by atoms with Crippen molar-refractivity contribution in [2.24, 2.45) is 5.41 Å². The average molecular weight is 222 g/mol. The van der Waals surface area contributed by atoms with Crippen LogP contribution < -0.4 is 0 Å². The van der Waals surface area contributed by atoms with Gasteiger partial charge in [-0.1, -0.05) is 33.6 Å². The second-order valence-electron chi connectivity index (χ2n) is 5.58. The number of piperazine rings is 1. The Bertz CT molecular complexity index is 190. The van der Waals surface area contributed by atoms with Gasteiger partial charge in [0.25, 0.3) is 0 Å². The summed E-state index contributed by atoms with van der Waals surface area (Å²) >= 11 is 0. The van der Waals surface area contributed by atoms with Crippen molar-refractivity contribution in [1.29, 1.82) is 0 Å². The third-order valence-electron chi connectivity index (χ3n) is 4.00. The predicted octanol–water partition coefficient (Wildman–Crippen LogP) is 2.29. The summed E-state index contributed by atoms with van der Waals surface area (Å²) in [5.74, 6) is 0. The zero-order valence-corrected chi connectivity index (χ0v) is 11.3. The molecule has 0 aliphatic carbocycles. The lowest BCUT2D eigenvalue weighted by atomic mass is 9.81. The molecule has 0 saturated carbocycles. The van der Waals surface area contributed by atoms with E-state index in [-0.39, 0.29) is 0 Å². The van der Waals surface area contributed by atoms with Gasteiger partial charge in [-0.25, -0.2) is 0 Å². The van der Waals surface area contributed by atoms with E-state index in [2.05, 4.69) is 25.7 Å². The number of rotatable bonds is 6. The Kier molecular flexibility index (Phi) is 5.84. The van der Waals surface area contributed by atoms with Crippen LogP contribution in [0.1, 0.15) is 46.5 Å². The third kappa shape index (κ3) is 4.46. The van der Waals surface area contributed by atoms with Gasteiger partial charge in [0.15, 0.2) is 7.98 Å². The van der Waals surface area contributed by atoms with E-state index < -0.39 is 0 Å². The maximum Gasteiger partial charge on any atom is 0.182 e. The van der Waals surface area contributed by atoms with Crippen LogP contribution in [0.25, 0.3) is 0 Å². The van der Waals surface area contributed by atoms with Crippen LogP contribution in [0.5, 0.6) is 0 Å². The Morgan fingerprint density at radius 2 is 1.75 bits per heavy atom. The molecule has 16 heavy (non-hydrogen) atoms. The van der Waals surface area contributed by atoms with Crippen LogP contribution in [0.3, 0.4) is 0 Å². The molecule has 1 aliphatic heterocycles. The highest BCUT2D eigenvalue weighted by molar-refractivity contribution is 6.04. The topological polar surface area (TPSA) is 6.48 Å². The van der Waals surface area contributed by atoms with Gasteiger partial charge in [-0.15, -0.1) is 0 Å². The molecular weight excluding hydrogens is 195 g/mol. The van der Waals surface area contributed by atoms with Gasteiger partial charge in [-0.05, 0) is 31.3 Å². The van der Waals surface area contributed by atoms with E-state index in [1.54, 1.807) is 0 Å². The molecule has 0 aromatic heterocycles. The van der Waals surface area contributed by atoms with Gasteiger partial charge in [-0.2, -0.15) is 0 Å². The molecule has 92 valence electrons. The normalized spacial score (nSPS) is 23.2. The van der Waals surface area contributed by atoms with E-state index in [0.29, 0.717) is 5.41 Å². The molecule has 1 atom stereocenters. The Hall–Kier alpha value is -0.0151. The van der Waals surface area contributed by atoms with Gasteiger partial charge in [0.05, 0.1) is 0 Å². The summed E-state index contributed by atoms with van der Waals surface area (Å²) < 4.78 is 0. The molecule has 2 nitrogen and oxygen atoms in total. The average Bonchev–Trinajstić information content (AvgIpc) is 2.30. The molecule has 1 fully saturated rings. The van der Waals surface area contributed by atoms with E-state index in [0.717, 1.165) is 26.2 Å². The molecule has 0 bridgehead atoms. The minimum atomic E-state index is 0.507. The smallest absolute Gasteiger partial charge is 0.182 e. The van der Waals surface area contributed by atoms with E-state index in [1.807, 2.05) is 4.81 Å². The fourth-order valence-electron chi connectivity index (χ4n) is 2.43. The molecule has 1 heterocycles. The van der Waals surface area contributed by atoms with Crippen molar-refractivity contribution in [2.45, 2.75) is 46.5 Å². The summed E-state index contributed by atoms with van der Waals surface area (Å²) in [7, 11) is 5.78. The van der Waals surface area contributed by atoms with Crippen LogP contribution in [0.2, 0.25) is 0 Å². The van der Waals surface area contributed by atoms with Gasteiger partial charge >= 0.3 is 0 Å². The fourth-order valence-corrected chi connectivity index (χ4v) is 2.43. The summed E-state index contributed by atoms with van der Waals surface area (Å²) in [6.45, 7) is 12.6. The Balaban J connectivity index is 2.36. The largest absolute Gasteiger partial charge is 0.351 e. The lowest BCUT2D eigenvalue weighted by Crippen LogP contribution is -2.48. The van der Waals surface area contributed by atoms with Gasteiger partial charge in [0.1, 0.15) is 0 Å². The van der Waals surface area contributed by atoms with E-state index in [4.69, 9.17) is 7.98 Å². The molecule has 0 aromatic carbocycles. The third-order valence-corrected chi connectivity index (χ3v) is 4.00. The number of unbranched alkanes of at least 4 members (excludes halogenated alkanes) is 1. The maximum absolute atomic E-state index is 5.78. The number of hydrogen-bond donors (Lipinski definition) is 0. The monoisotopic (exact) mass is 222 g/mol. The van der Waals surface area contributed by atoms with Crippen molar-refractivity contribution in [2.75, 3.05) is 32.7 Å². The highest BCUT2D eigenvalue weighted by Gasteiger charge is 2.26. The summed E-state index contributed by atoms with van der Waals surface area (Å²) in [4.78, 5) is 4.52. The highest BCUT2D eigenvalue weighted by Crippen LogP contribution is 2.29. The quantitative estimate of drug-likeness (QED) is 0.636. The molecule has 3 heteroatoms. The van der Waals surface area contributed by atoms with E-state index >= 15 is 0 Å². The van der Waals surface area contributed by atoms with Crippen molar-refractivity contribution < 1.29 is 0 Å². The van der Waals surface area contributed by atoms with Gasteiger partial charge < -0.3 is 9.71 Å². The second kappa shape index (κ2) is 6.66. The molecule has 0 spiro atoms. The number of nitrogens with zero attached hydrogens (tertiary/aromatic N) is 2. The zero-order valence-electron chi connectivity index (χ0n) is 11.3. The Morgan fingerprint density at radius 3 is 2.25 bits per heavy atom. The van der Waals surface area contributed by atoms with E-state index in [1.165, 1.54) is 32.2 Å². The van der Waals surface area contributed by atoms with Crippen molar-refractivity contribution in [3.8, 4) is 0 Å². The van der Waals surface area contributed by atoms with Crippen molar-refractivity contribution in [1.82, 2.24) is 9.71 Å².